The summed E-state index contributed by atoms with van der Waals surface area (Å²) in [7, 11) is 1.53. The molecular weight excluding hydrogens is 536 g/mol. The first kappa shape index (κ1) is 27.1. The van der Waals surface area contributed by atoms with Gasteiger partial charge in [0.1, 0.15) is 34.0 Å². The molecule has 9 nitrogen and oxygen atoms in total. The number of hydrogen-bond donors (Lipinski definition) is 3. The SMILES string of the molecule is COc1ccc2cc(C(CC(=O)N3CCCCC3)c3c(O)cc(O)c4c(=O)cc(-c5ccccc5)oc34)c(=O)[nH]c2c1. The second-order valence-corrected chi connectivity index (χ2v) is 10.6. The van der Waals surface area contributed by atoms with Gasteiger partial charge in [-0.3, -0.25) is 14.4 Å². The number of rotatable bonds is 6. The fourth-order valence-electron chi connectivity index (χ4n) is 5.80. The van der Waals surface area contributed by atoms with Gasteiger partial charge in [0.15, 0.2) is 5.43 Å². The number of fused-ring (bicyclic) bond motifs is 2. The van der Waals surface area contributed by atoms with E-state index in [1.165, 1.54) is 13.2 Å². The van der Waals surface area contributed by atoms with Gasteiger partial charge in [0.2, 0.25) is 5.91 Å². The molecule has 42 heavy (non-hydrogen) atoms. The highest BCUT2D eigenvalue weighted by atomic mass is 16.5. The highest BCUT2D eigenvalue weighted by Crippen LogP contribution is 2.43. The van der Waals surface area contributed by atoms with Crippen molar-refractivity contribution in [1.82, 2.24) is 9.88 Å². The number of carbonyl (C=O) groups excluding carboxylic acids is 1. The van der Waals surface area contributed by atoms with Crippen LogP contribution in [0.2, 0.25) is 0 Å². The number of likely N-dealkylation sites (tertiary alicyclic amines) is 1. The summed E-state index contributed by atoms with van der Waals surface area (Å²) in [4.78, 5) is 45.3. The maximum atomic E-state index is 13.7. The van der Waals surface area contributed by atoms with Gasteiger partial charge in [0.05, 0.1) is 12.6 Å². The summed E-state index contributed by atoms with van der Waals surface area (Å²) >= 11 is 0. The molecule has 0 spiro atoms. The van der Waals surface area contributed by atoms with E-state index in [-0.39, 0.29) is 45.9 Å². The zero-order valence-electron chi connectivity index (χ0n) is 23.1. The van der Waals surface area contributed by atoms with Crippen LogP contribution in [0.15, 0.2) is 80.7 Å². The molecule has 3 N–H and O–H groups in total. The number of aromatic nitrogens is 1. The highest BCUT2D eigenvalue weighted by molar-refractivity contribution is 5.91. The average Bonchev–Trinajstić information content (AvgIpc) is 3.00. The molecule has 2 aromatic heterocycles. The molecule has 0 saturated carbocycles. The van der Waals surface area contributed by atoms with E-state index in [0.717, 1.165) is 25.3 Å². The molecule has 1 amide bonds. The van der Waals surface area contributed by atoms with Crippen molar-refractivity contribution in [2.75, 3.05) is 20.2 Å². The second kappa shape index (κ2) is 11.1. The predicted octanol–water partition coefficient (Wildman–Crippen LogP) is 5.26. The number of methoxy groups -OCH3 is 1. The van der Waals surface area contributed by atoms with E-state index in [2.05, 4.69) is 4.98 Å². The summed E-state index contributed by atoms with van der Waals surface area (Å²) in [5.74, 6) is -1.23. The number of phenolic OH excluding ortho intramolecular Hbond substituents is 2. The summed E-state index contributed by atoms with van der Waals surface area (Å²) in [6, 6.07) is 18.2. The van der Waals surface area contributed by atoms with Crippen LogP contribution in [0.25, 0.3) is 33.2 Å². The Morgan fingerprint density at radius 2 is 1.74 bits per heavy atom. The number of ether oxygens (including phenoxy) is 1. The van der Waals surface area contributed by atoms with E-state index in [4.69, 9.17) is 9.15 Å². The third-order valence-corrected chi connectivity index (χ3v) is 7.95. The monoisotopic (exact) mass is 566 g/mol. The van der Waals surface area contributed by atoms with Gasteiger partial charge in [-0.1, -0.05) is 30.3 Å². The highest BCUT2D eigenvalue weighted by Gasteiger charge is 2.31. The van der Waals surface area contributed by atoms with E-state index in [9.17, 15) is 24.6 Å². The molecule has 1 fully saturated rings. The number of benzene rings is 3. The minimum absolute atomic E-state index is 0.0791. The lowest BCUT2D eigenvalue weighted by Crippen LogP contribution is -2.37. The van der Waals surface area contributed by atoms with Crippen LogP contribution in [0.3, 0.4) is 0 Å². The summed E-state index contributed by atoms with van der Waals surface area (Å²) < 4.78 is 11.5. The lowest BCUT2D eigenvalue weighted by Gasteiger charge is -2.29. The van der Waals surface area contributed by atoms with E-state index >= 15 is 0 Å². The molecule has 6 rings (SSSR count). The van der Waals surface area contributed by atoms with E-state index in [1.54, 1.807) is 53.4 Å². The molecule has 1 saturated heterocycles. The summed E-state index contributed by atoms with van der Waals surface area (Å²) in [6.07, 6.45) is 2.66. The molecule has 3 heterocycles. The quantitative estimate of drug-likeness (QED) is 0.255. The van der Waals surface area contributed by atoms with Gasteiger partial charge in [0, 0.05) is 60.3 Å². The zero-order valence-corrected chi connectivity index (χ0v) is 23.1. The number of phenols is 2. The Labute approximate surface area is 240 Å². The van der Waals surface area contributed by atoms with Crippen LogP contribution in [-0.2, 0) is 4.79 Å². The Bertz CT molecular complexity index is 1920. The predicted molar refractivity (Wildman–Crippen MR) is 159 cm³/mol. The first-order valence-electron chi connectivity index (χ1n) is 13.9. The molecule has 214 valence electrons. The first-order chi connectivity index (χ1) is 20.3. The van der Waals surface area contributed by atoms with Crippen LogP contribution in [-0.4, -0.2) is 46.2 Å². The molecule has 1 aliphatic rings. The van der Waals surface area contributed by atoms with Crippen molar-refractivity contribution in [2.24, 2.45) is 0 Å². The molecule has 0 bridgehead atoms. The Balaban J connectivity index is 1.60. The molecule has 9 heteroatoms. The van der Waals surface area contributed by atoms with Crippen molar-refractivity contribution in [3.05, 3.63) is 98.4 Å². The lowest BCUT2D eigenvalue weighted by atomic mass is 9.85. The molecule has 1 aliphatic heterocycles. The standard InChI is InChI=1S/C33H30N2O7/c1-41-21-11-10-20-14-23(33(40)34-24(20)15-21)22(16-29(39)35-12-6-3-7-13-35)30-25(36)17-26(37)31-27(38)18-28(42-32(30)31)19-8-4-2-5-9-19/h2,4-5,8-11,14-15,17-18,22,36-37H,3,6-7,12-13,16H2,1H3,(H,34,40). The van der Waals surface area contributed by atoms with Gasteiger partial charge in [-0.2, -0.15) is 0 Å². The number of nitrogens with zero attached hydrogens (tertiary/aromatic N) is 1. The van der Waals surface area contributed by atoms with Gasteiger partial charge in [-0.25, -0.2) is 0 Å². The lowest BCUT2D eigenvalue weighted by molar-refractivity contribution is -0.132. The molecule has 1 unspecified atom stereocenters. The average molecular weight is 567 g/mol. The van der Waals surface area contributed by atoms with Crippen LogP contribution >= 0.6 is 0 Å². The number of hydrogen-bond acceptors (Lipinski definition) is 7. The minimum Gasteiger partial charge on any atom is -0.507 e. The van der Waals surface area contributed by atoms with Gasteiger partial charge in [-0.05, 0) is 42.8 Å². The Hall–Kier alpha value is -5.05. The smallest absolute Gasteiger partial charge is 0.252 e. The third kappa shape index (κ3) is 4.98. The maximum Gasteiger partial charge on any atom is 0.252 e. The van der Waals surface area contributed by atoms with Gasteiger partial charge in [-0.15, -0.1) is 0 Å². The second-order valence-electron chi connectivity index (χ2n) is 10.6. The Kier molecular flexibility index (Phi) is 7.16. The van der Waals surface area contributed by atoms with Gasteiger partial charge in [0.25, 0.3) is 5.56 Å². The van der Waals surface area contributed by atoms with Crippen molar-refractivity contribution in [2.45, 2.75) is 31.6 Å². The van der Waals surface area contributed by atoms with Crippen molar-refractivity contribution < 1.29 is 24.2 Å². The van der Waals surface area contributed by atoms with Crippen LogP contribution in [0.4, 0.5) is 0 Å². The third-order valence-electron chi connectivity index (χ3n) is 7.95. The van der Waals surface area contributed by atoms with Crippen molar-refractivity contribution >= 4 is 27.8 Å². The number of aromatic amines is 1. The number of pyridine rings is 1. The van der Waals surface area contributed by atoms with Crippen LogP contribution in [0.1, 0.15) is 42.7 Å². The molecule has 3 aromatic carbocycles. The van der Waals surface area contributed by atoms with Crippen molar-refractivity contribution in [3.8, 4) is 28.6 Å². The Morgan fingerprint density at radius 1 is 0.976 bits per heavy atom. The van der Waals surface area contributed by atoms with Crippen LogP contribution in [0, 0.1) is 0 Å². The maximum absolute atomic E-state index is 13.7. The van der Waals surface area contributed by atoms with Crippen molar-refractivity contribution in [3.63, 3.8) is 0 Å². The number of nitrogens with one attached hydrogen (secondary N) is 1. The first-order valence-corrected chi connectivity index (χ1v) is 13.9. The summed E-state index contributed by atoms with van der Waals surface area (Å²) in [6.45, 7) is 1.21. The van der Waals surface area contributed by atoms with E-state index in [1.807, 2.05) is 6.07 Å². The fourth-order valence-corrected chi connectivity index (χ4v) is 5.80. The molecule has 0 radical (unpaired) electrons. The zero-order chi connectivity index (χ0) is 29.4. The molecule has 1 atom stereocenters. The summed E-state index contributed by atoms with van der Waals surface area (Å²) in [5.41, 5.74) is 0.397. The minimum atomic E-state index is -0.994. The van der Waals surface area contributed by atoms with E-state index < -0.39 is 22.7 Å². The van der Waals surface area contributed by atoms with Gasteiger partial charge < -0.3 is 29.3 Å². The van der Waals surface area contributed by atoms with Crippen LogP contribution in [0.5, 0.6) is 17.2 Å². The van der Waals surface area contributed by atoms with Crippen molar-refractivity contribution in [1.29, 1.82) is 0 Å². The van der Waals surface area contributed by atoms with Gasteiger partial charge >= 0.3 is 0 Å². The fraction of sp³-hybridized carbons (Fsp3) is 0.242. The summed E-state index contributed by atoms with van der Waals surface area (Å²) in [5, 5.41) is 22.6. The van der Waals surface area contributed by atoms with E-state index in [0.29, 0.717) is 35.3 Å². The normalized spacial score (nSPS) is 14.3. The number of piperidine rings is 1. The molecule has 0 aliphatic carbocycles. The largest absolute Gasteiger partial charge is 0.507 e. The van der Waals surface area contributed by atoms with Crippen LogP contribution < -0.4 is 15.7 Å². The molecular formula is C33H30N2O7. The number of aromatic hydroxyl groups is 2. The Morgan fingerprint density at radius 3 is 2.48 bits per heavy atom. The number of carbonyl (C=O) groups is 1. The molecule has 5 aromatic rings. The number of amides is 1. The topological polar surface area (TPSA) is 133 Å². The number of H-pyrrole nitrogens is 1.